The van der Waals surface area contributed by atoms with E-state index < -0.39 is 12.0 Å². The summed E-state index contributed by atoms with van der Waals surface area (Å²) in [7, 11) is 0. The maximum absolute atomic E-state index is 13.0. The van der Waals surface area contributed by atoms with Gasteiger partial charge in [-0.3, -0.25) is 4.79 Å². The van der Waals surface area contributed by atoms with E-state index >= 15 is 0 Å². The molecule has 4 N–H and O–H groups in total. The number of anilines is 1. The molecule has 0 aliphatic carbocycles. The molecule has 0 radical (unpaired) electrons. The van der Waals surface area contributed by atoms with Crippen LogP contribution in [0.2, 0.25) is 0 Å². The first kappa shape index (κ1) is 23.9. The van der Waals surface area contributed by atoms with Crippen molar-refractivity contribution in [3.8, 4) is 5.75 Å². The van der Waals surface area contributed by atoms with Gasteiger partial charge < -0.3 is 20.9 Å². The number of hydrogen-bond donors (Lipinski definition) is 3. The zero-order valence-electron chi connectivity index (χ0n) is 18.8. The van der Waals surface area contributed by atoms with Crippen LogP contribution >= 0.6 is 0 Å². The summed E-state index contributed by atoms with van der Waals surface area (Å²) in [4.78, 5) is 25.4. The van der Waals surface area contributed by atoms with Gasteiger partial charge in [-0.2, -0.15) is 0 Å². The Hall–Kier alpha value is -3.80. The molecule has 1 unspecified atom stereocenters. The lowest BCUT2D eigenvalue weighted by molar-refractivity contribution is -0.145. The van der Waals surface area contributed by atoms with Crippen LogP contribution in [0.15, 0.2) is 72.8 Å². The second-order valence-corrected chi connectivity index (χ2v) is 7.88. The van der Waals surface area contributed by atoms with Gasteiger partial charge in [-0.25, -0.2) is 4.79 Å². The van der Waals surface area contributed by atoms with Crippen molar-refractivity contribution < 1.29 is 19.4 Å². The maximum atomic E-state index is 13.0. The third-order valence-electron chi connectivity index (χ3n) is 5.47. The van der Waals surface area contributed by atoms with Crippen molar-refractivity contribution in [3.63, 3.8) is 0 Å². The Balaban J connectivity index is 1.68. The standard InChI is InChI=1S/C27H30N2O4/c1-2-33-27(32)25(17-11-19-6-4-3-5-7-19)29-26(31)22-13-16-24(28)21(18-22)12-8-20-9-14-23(30)15-10-20/h3-7,9-10,13-16,18,25,30H,2,8,11-12,17,28H2,1H3,(H,29,31). The second-order valence-electron chi connectivity index (χ2n) is 7.88. The highest BCUT2D eigenvalue weighted by Gasteiger charge is 2.23. The molecule has 6 nitrogen and oxygen atoms in total. The molecule has 33 heavy (non-hydrogen) atoms. The van der Waals surface area contributed by atoms with E-state index in [4.69, 9.17) is 10.5 Å². The molecule has 0 saturated carbocycles. The Morgan fingerprint density at radius 2 is 1.64 bits per heavy atom. The second kappa shape index (κ2) is 11.7. The summed E-state index contributed by atoms with van der Waals surface area (Å²) in [6.45, 7) is 1.99. The molecule has 1 amide bonds. The Morgan fingerprint density at radius 3 is 2.33 bits per heavy atom. The molecular formula is C27H30N2O4. The van der Waals surface area contributed by atoms with E-state index in [1.165, 1.54) is 0 Å². The van der Waals surface area contributed by atoms with Crippen molar-refractivity contribution >= 4 is 17.6 Å². The lowest BCUT2D eigenvalue weighted by atomic mass is 10.00. The highest BCUT2D eigenvalue weighted by Crippen LogP contribution is 2.19. The molecule has 0 fully saturated rings. The monoisotopic (exact) mass is 446 g/mol. The number of benzene rings is 3. The highest BCUT2D eigenvalue weighted by molar-refractivity contribution is 5.97. The van der Waals surface area contributed by atoms with Crippen LogP contribution in [0.3, 0.4) is 0 Å². The molecule has 0 saturated heterocycles. The first-order valence-electron chi connectivity index (χ1n) is 11.1. The summed E-state index contributed by atoms with van der Waals surface area (Å²) in [5.74, 6) is -0.558. The summed E-state index contributed by atoms with van der Waals surface area (Å²) in [5.41, 5.74) is 10.2. The average Bonchev–Trinajstić information content (AvgIpc) is 2.83. The van der Waals surface area contributed by atoms with Gasteiger partial charge in [0.2, 0.25) is 0 Å². The molecule has 0 bridgehead atoms. The number of amides is 1. The smallest absolute Gasteiger partial charge is 0.328 e. The van der Waals surface area contributed by atoms with Crippen molar-refractivity contribution in [2.75, 3.05) is 12.3 Å². The van der Waals surface area contributed by atoms with Gasteiger partial charge in [-0.05, 0) is 79.6 Å². The van der Waals surface area contributed by atoms with E-state index in [0.717, 1.165) is 23.1 Å². The molecule has 6 heteroatoms. The molecule has 0 heterocycles. The minimum atomic E-state index is -0.740. The number of aromatic hydroxyl groups is 1. The summed E-state index contributed by atoms with van der Waals surface area (Å²) in [5, 5.41) is 12.3. The lowest BCUT2D eigenvalue weighted by Crippen LogP contribution is -2.42. The minimum absolute atomic E-state index is 0.223. The Morgan fingerprint density at radius 1 is 0.939 bits per heavy atom. The topological polar surface area (TPSA) is 102 Å². The number of hydrogen-bond acceptors (Lipinski definition) is 5. The van der Waals surface area contributed by atoms with Crippen LogP contribution in [0.25, 0.3) is 0 Å². The number of rotatable bonds is 10. The molecule has 0 aromatic heterocycles. The zero-order valence-corrected chi connectivity index (χ0v) is 18.8. The van der Waals surface area contributed by atoms with Gasteiger partial charge in [-0.1, -0.05) is 42.5 Å². The van der Waals surface area contributed by atoms with Crippen LogP contribution in [-0.4, -0.2) is 29.6 Å². The predicted molar refractivity (Wildman–Crippen MR) is 129 cm³/mol. The van der Waals surface area contributed by atoms with Gasteiger partial charge in [0.1, 0.15) is 11.8 Å². The van der Waals surface area contributed by atoms with Crippen molar-refractivity contribution in [1.29, 1.82) is 0 Å². The summed E-state index contributed by atoms with van der Waals surface area (Å²) < 4.78 is 5.18. The summed E-state index contributed by atoms with van der Waals surface area (Å²) in [6, 6.07) is 21.2. The maximum Gasteiger partial charge on any atom is 0.328 e. The zero-order chi connectivity index (χ0) is 23.6. The Bertz CT molecular complexity index is 1070. The van der Waals surface area contributed by atoms with E-state index in [0.29, 0.717) is 30.5 Å². The van der Waals surface area contributed by atoms with E-state index in [1.807, 2.05) is 42.5 Å². The van der Waals surface area contributed by atoms with Gasteiger partial charge in [-0.15, -0.1) is 0 Å². The molecular weight excluding hydrogens is 416 g/mol. The van der Waals surface area contributed by atoms with Crippen molar-refractivity contribution in [3.05, 3.63) is 95.1 Å². The number of esters is 1. The first-order valence-corrected chi connectivity index (χ1v) is 11.1. The number of nitrogen functional groups attached to an aromatic ring is 1. The van der Waals surface area contributed by atoms with Gasteiger partial charge in [0.25, 0.3) is 5.91 Å². The molecule has 0 aliphatic heterocycles. The van der Waals surface area contributed by atoms with Gasteiger partial charge in [0, 0.05) is 11.3 Å². The molecule has 3 rings (SSSR count). The summed E-state index contributed by atoms with van der Waals surface area (Å²) >= 11 is 0. The minimum Gasteiger partial charge on any atom is -0.508 e. The number of nitrogens with two attached hydrogens (primary N) is 1. The van der Waals surface area contributed by atoms with Crippen LogP contribution in [-0.2, 0) is 28.8 Å². The van der Waals surface area contributed by atoms with E-state index in [9.17, 15) is 14.7 Å². The highest BCUT2D eigenvalue weighted by atomic mass is 16.5. The SMILES string of the molecule is CCOC(=O)C(CCc1ccccc1)NC(=O)c1ccc(N)c(CCc2ccc(O)cc2)c1. The van der Waals surface area contributed by atoms with Crippen LogP contribution in [0.1, 0.15) is 40.4 Å². The van der Waals surface area contributed by atoms with Gasteiger partial charge in [0.15, 0.2) is 0 Å². The molecule has 3 aromatic carbocycles. The average molecular weight is 447 g/mol. The van der Waals surface area contributed by atoms with E-state index in [2.05, 4.69) is 5.32 Å². The molecule has 0 spiro atoms. The van der Waals surface area contributed by atoms with Crippen molar-refractivity contribution in [2.45, 2.75) is 38.6 Å². The number of aryl methyl sites for hydroxylation is 3. The number of ether oxygens (including phenoxy) is 1. The Labute approximate surface area is 194 Å². The van der Waals surface area contributed by atoms with E-state index in [1.54, 1.807) is 37.3 Å². The number of carbonyl (C=O) groups is 2. The van der Waals surface area contributed by atoms with E-state index in [-0.39, 0.29) is 18.3 Å². The van der Waals surface area contributed by atoms with Gasteiger partial charge >= 0.3 is 5.97 Å². The number of phenolic OH excluding ortho intramolecular Hbond substituents is 1. The fraction of sp³-hybridized carbons (Fsp3) is 0.259. The quantitative estimate of drug-likeness (QED) is 0.322. The Kier molecular flexibility index (Phi) is 8.47. The normalized spacial score (nSPS) is 11.5. The number of nitrogens with one attached hydrogen (secondary N) is 1. The molecule has 3 aromatic rings. The van der Waals surface area contributed by atoms with Crippen molar-refractivity contribution in [2.24, 2.45) is 0 Å². The fourth-order valence-electron chi connectivity index (χ4n) is 3.59. The lowest BCUT2D eigenvalue weighted by Gasteiger charge is -2.18. The first-order chi connectivity index (χ1) is 16.0. The van der Waals surface area contributed by atoms with Crippen LogP contribution in [0.5, 0.6) is 5.75 Å². The number of carbonyl (C=O) groups excluding carboxylic acids is 2. The van der Waals surface area contributed by atoms with Crippen LogP contribution in [0, 0.1) is 0 Å². The third kappa shape index (κ3) is 7.10. The van der Waals surface area contributed by atoms with Crippen molar-refractivity contribution in [1.82, 2.24) is 5.32 Å². The summed E-state index contributed by atoms with van der Waals surface area (Å²) in [6.07, 6.45) is 2.45. The fourth-order valence-corrected chi connectivity index (χ4v) is 3.59. The van der Waals surface area contributed by atoms with Crippen LogP contribution in [0.4, 0.5) is 5.69 Å². The molecule has 172 valence electrons. The molecule has 0 aliphatic rings. The van der Waals surface area contributed by atoms with Gasteiger partial charge in [0.05, 0.1) is 6.61 Å². The predicted octanol–water partition coefficient (Wildman–Crippen LogP) is 4.05. The third-order valence-corrected chi connectivity index (χ3v) is 5.47. The molecule has 1 atom stereocenters. The number of phenols is 1. The van der Waals surface area contributed by atoms with Crippen LogP contribution < -0.4 is 11.1 Å². The largest absolute Gasteiger partial charge is 0.508 e.